The predicted molar refractivity (Wildman–Crippen MR) is 93.9 cm³/mol. The summed E-state index contributed by atoms with van der Waals surface area (Å²) >= 11 is 0. The van der Waals surface area contributed by atoms with Crippen molar-refractivity contribution in [2.24, 2.45) is 0 Å². The summed E-state index contributed by atoms with van der Waals surface area (Å²) in [5, 5.41) is 3.50. The van der Waals surface area contributed by atoms with Gasteiger partial charge in [-0.2, -0.15) is 0 Å². The molecule has 0 bridgehead atoms. The first-order chi connectivity index (χ1) is 11.7. The highest BCUT2D eigenvalue weighted by molar-refractivity contribution is 5.78. The molecule has 0 aliphatic carbocycles. The fourth-order valence-electron chi connectivity index (χ4n) is 3.30. The highest BCUT2D eigenvalue weighted by Crippen LogP contribution is 2.13. The van der Waals surface area contributed by atoms with E-state index in [0.29, 0.717) is 23.5 Å². The molecular weight excluding hydrogens is 304 g/mol. The van der Waals surface area contributed by atoms with Gasteiger partial charge >= 0.3 is 0 Å². The largest absolute Gasteiger partial charge is 0.353 e. The van der Waals surface area contributed by atoms with Crippen molar-refractivity contribution in [3.8, 4) is 0 Å². The number of carbonyl (C=O) groups is 1. The second-order valence-electron chi connectivity index (χ2n) is 6.30. The summed E-state index contributed by atoms with van der Waals surface area (Å²) in [4.78, 5) is 31.3. The van der Waals surface area contributed by atoms with E-state index in [2.05, 4.69) is 22.1 Å². The minimum absolute atomic E-state index is 0.00705. The van der Waals surface area contributed by atoms with Crippen molar-refractivity contribution in [3.63, 3.8) is 0 Å². The smallest absolute Gasteiger partial charge is 0.261 e. The molecule has 24 heavy (non-hydrogen) atoms. The number of hydrogen-bond acceptors (Lipinski definition) is 4. The highest BCUT2D eigenvalue weighted by atomic mass is 16.2. The fraction of sp³-hybridized carbons (Fsp3) is 0.500. The van der Waals surface area contributed by atoms with Crippen LogP contribution in [-0.4, -0.2) is 46.0 Å². The number of aromatic nitrogens is 2. The van der Waals surface area contributed by atoms with E-state index in [9.17, 15) is 9.59 Å². The molecule has 1 amide bonds. The number of carbonyl (C=O) groups excluding carboxylic acids is 1. The molecule has 1 aromatic heterocycles. The molecule has 1 unspecified atom stereocenters. The molecule has 0 saturated carbocycles. The number of hydrogen-bond donors (Lipinski definition) is 1. The Morgan fingerprint density at radius 2 is 2.04 bits per heavy atom. The summed E-state index contributed by atoms with van der Waals surface area (Å²) < 4.78 is 1.37. The zero-order valence-corrected chi connectivity index (χ0v) is 14.1. The van der Waals surface area contributed by atoms with Crippen molar-refractivity contribution in [1.82, 2.24) is 19.8 Å². The van der Waals surface area contributed by atoms with Crippen molar-refractivity contribution < 1.29 is 4.79 Å². The summed E-state index contributed by atoms with van der Waals surface area (Å²) in [5.41, 5.74) is 0.474. The predicted octanol–water partition coefficient (Wildman–Crippen LogP) is 1.39. The molecule has 1 atom stereocenters. The van der Waals surface area contributed by atoms with Gasteiger partial charge in [-0.25, -0.2) is 4.98 Å². The molecule has 6 heteroatoms. The Kier molecular flexibility index (Phi) is 5.25. The summed E-state index contributed by atoms with van der Waals surface area (Å²) in [6.07, 6.45) is 4.94. The fourth-order valence-corrected chi connectivity index (χ4v) is 3.30. The molecule has 1 fully saturated rings. The molecule has 2 heterocycles. The van der Waals surface area contributed by atoms with Gasteiger partial charge in [0.15, 0.2) is 0 Å². The maximum Gasteiger partial charge on any atom is 0.261 e. The van der Waals surface area contributed by atoms with Crippen molar-refractivity contribution in [3.05, 3.63) is 40.9 Å². The molecule has 1 aromatic carbocycles. The number of para-hydroxylation sites is 1. The normalized spacial score (nSPS) is 16.4. The Morgan fingerprint density at radius 1 is 1.29 bits per heavy atom. The van der Waals surface area contributed by atoms with Crippen molar-refractivity contribution in [2.45, 2.75) is 38.8 Å². The standard InChI is InChI=1S/C18H24N4O2/c1-2-14(21-9-5-6-10-21)11-19-17(23)12-22-13-20-16-8-4-3-7-15(16)18(22)24/h3-4,7-8,13-14H,2,5-6,9-12H2,1H3,(H,19,23). The van der Waals surface area contributed by atoms with Gasteiger partial charge in [0.05, 0.1) is 17.2 Å². The third kappa shape index (κ3) is 3.64. The molecule has 1 aliphatic rings. The number of nitrogens with one attached hydrogen (secondary N) is 1. The summed E-state index contributed by atoms with van der Waals surface area (Å²) in [6.45, 7) is 5.01. The van der Waals surface area contributed by atoms with Crippen molar-refractivity contribution >= 4 is 16.8 Å². The Morgan fingerprint density at radius 3 is 2.79 bits per heavy atom. The number of amides is 1. The van der Waals surface area contributed by atoms with E-state index in [0.717, 1.165) is 19.5 Å². The van der Waals surface area contributed by atoms with Crippen molar-refractivity contribution in [1.29, 1.82) is 0 Å². The van der Waals surface area contributed by atoms with Gasteiger partial charge in [-0.15, -0.1) is 0 Å². The molecule has 2 aromatic rings. The van der Waals surface area contributed by atoms with Crippen LogP contribution >= 0.6 is 0 Å². The Bertz CT molecular complexity index is 765. The van der Waals surface area contributed by atoms with Crippen LogP contribution in [-0.2, 0) is 11.3 Å². The molecule has 3 rings (SSSR count). The number of likely N-dealkylation sites (tertiary alicyclic amines) is 1. The SMILES string of the molecule is CCC(CNC(=O)Cn1cnc2ccccc2c1=O)N1CCCC1. The van der Waals surface area contributed by atoms with E-state index in [-0.39, 0.29) is 18.0 Å². The average Bonchev–Trinajstić information content (AvgIpc) is 3.13. The minimum Gasteiger partial charge on any atom is -0.353 e. The van der Waals surface area contributed by atoms with E-state index in [1.54, 1.807) is 18.2 Å². The lowest BCUT2D eigenvalue weighted by molar-refractivity contribution is -0.122. The van der Waals surface area contributed by atoms with Crippen LogP contribution in [0.2, 0.25) is 0 Å². The van der Waals surface area contributed by atoms with E-state index < -0.39 is 0 Å². The maximum absolute atomic E-state index is 12.4. The monoisotopic (exact) mass is 328 g/mol. The van der Waals surface area contributed by atoms with Gasteiger partial charge in [-0.1, -0.05) is 19.1 Å². The molecule has 1 aliphatic heterocycles. The van der Waals surface area contributed by atoms with Gasteiger partial charge < -0.3 is 5.32 Å². The summed E-state index contributed by atoms with van der Waals surface area (Å²) in [7, 11) is 0. The van der Waals surface area contributed by atoms with Crippen LogP contribution in [0.1, 0.15) is 26.2 Å². The van der Waals surface area contributed by atoms with Crippen LogP contribution in [0.5, 0.6) is 0 Å². The number of fused-ring (bicyclic) bond motifs is 1. The maximum atomic E-state index is 12.4. The second-order valence-corrected chi connectivity index (χ2v) is 6.30. The lowest BCUT2D eigenvalue weighted by Crippen LogP contribution is -2.43. The molecule has 0 radical (unpaired) electrons. The van der Waals surface area contributed by atoms with Gasteiger partial charge in [0, 0.05) is 12.6 Å². The van der Waals surface area contributed by atoms with E-state index in [1.165, 1.54) is 23.7 Å². The highest BCUT2D eigenvalue weighted by Gasteiger charge is 2.20. The van der Waals surface area contributed by atoms with Crippen molar-refractivity contribution in [2.75, 3.05) is 19.6 Å². The number of nitrogens with zero attached hydrogens (tertiary/aromatic N) is 3. The summed E-state index contributed by atoms with van der Waals surface area (Å²) in [5.74, 6) is -0.146. The molecule has 6 nitrogen and oxygen atoms in total. The van der Waals surface area contributed by atoms with E-state index >= 15 is 0 Å². The zero-order chi connectivity index (χ0) is 16.9. The molecule has 1 N–H and O–H groups in total. The lowest BCUT2D eigenvalue weighted by Gasteiger charge is -2.26. The molecule has 1 saturated heterocycles. The summed E-state index contributed by atoms with van der Waals surface area (Å²) in [6, 6.07) is 7.55. The van der Waals surface area contributed by atoms with Gasteiger partial charge in [0.25, 0.3) is 5.56 Å². The first-order valence-corrected chi connectivity index (χ1v) is 8.64. The topological polar surface area (TPSA) is 67.2 Å². The quantitative estimate of drug-likeness (QED) is 0.870. The van der Waals surface area contributed by atoms with E-state index in [4.69, 9.17) is 0 Å². The average molecular weight is 328 g/mol. The third-order valence-corrected chi connectivity index (χ3v) is 4.71. The molecule has 128 valence electrons. The second kappa shape index (κ2) is 7.57. The molecular formula is C18H24N4O2. The third-order valence-electron chi connectivity index (χ3n) is 4.71. The first-order valence-electron chi connectivity index (χ1n) is 8.64. The number of benzene rings is 1. The molecule has 0 spiro atoms. The Labute approximate surface area is 141 Å². The zero-order valence-electron chi connectivity index (χ0n) is 14.1. The van der Waals surface area contributed by atoms with Crippen LogP contribution in [0, 0.1) is 0 Å². The minimum atomic E-state index is -0.178. The van der Waals surface area contributed by atoms with Crippen LogP contribution in [0.15, 0.2) is 35.4 Å². The van der Waals surface area contributed by atoms with Gasteiger partial charge in [0.1, 0.15) is 6.54 Å². The Balaban J connectivity index is 1.62. The van der Waals surface area contributed by atoms with Gasteiger partial charge in [0.2, 0.25) is 5.91 Å². The van der Waals surface area contributed by atoms with Crippen LogP contribution in [0.3, 0.4) is 0 Å². The van der Waals surface area contributed by atoms with Gasteiger partial charge in [-0.05, 0) is 44.5 Å². The van der Waals surface area contributed by atoms with Crippen LogP contribution in [0.25, 0.3) is 10.9 Å². The van der Waals surface area contributed by atoms with Gasteiger partial charge in [-0.3, -0.25) is 19.1 Å². The van der Waals surface area contributed by atoms with E-state index in [1.807, 2.05) is 6.07 Å². The first kappa shape index (κ1) is 16.6. The lowest BCUT2D eigenvalue weighted by atomic mass is 10.2. The number of rotatable bonds is 6. The van der Waals surface area contributed by atoms with Crippen LogP contribution < -0.4 is 10.9 Å². The Hall–Kier alpha value is -2.21. The van der Waals surface area contributed by atoms with Crippen LogP contribution in [0.4, 0.5) is 0 Å².